The van der Waals surface area contributed by atoms with Crippen LogP contribution in [0.1, 0.15) is 15.2 Å². The molecule has 122 valence electrons. The van der Waals surface area contributed by atoms with Crippen LogP contribution in [0.2, 0.25) is 0 Å². The molecule has 3 rings (SSSR count). The van der Waals surface area contributed by atoms with Crippen LogP contribution in [0.3, 0.4) is 0 Å². The van der Waals surface area contributed by atoms with Gasteiger partial charge in [-0.3, -0.25) is 9.59 Å². The first kappa shape index (κ1) is 16.9. The third-order valence-corrected chi connectivity index (χ3v) is 5.78. The summed E-state index contributed by atoms with van der Waals surface area (Å²) in [4.78, 5) is 28.0. The molecule has 0 spiro atoms. The molecule has 0 aliphatic heterocycles. The van der Waals surface area contributed by atoms with Crippen LogP contribution in [-0.2, 0) is 0 Å². The number of ketones is 1. The summed E-state index contributed by atoms with van der Waals surface area (Å²) < 4.78 is 7.15. The third-order valence-electron chi connectivity index (χ3n) is 3.18. The summed E-state index contributed by atoms with van der Waals surface area (Å²) in [7, 11) is 1.57. The van der Waals surface area contributed by atoms with E-state index in [4.69, 9.17) is 4.74 Å². The van der Waals surface area contributed by atoms with Gasteiger partial charge in [0.25, 0.3) is 5.56 Å². The fraction of sp³-hybridized carbons (Fsp3) is 0.0588. The van der Waals surface area contributed by atoms with Gasteiger partial charge in [-0.2, -0.15) is 0 Å². The molecule has 0 amide bonds. The van der Waals surface area contributed by atoms with Gasteiger partial charge < -0.3 is 9.72 Å². The molecule has 2 heterocycles. The van der Waals surface area contributed by atoms with Gasteiger partial charge in [-0.1, -0.05) is 0 Å². The van der Waals surface area contributed by atoms with Gasteiger partial charge in [0.1, 0.15) is 5.75 Å². The number of rotatable bonds is 4. The number of halogens is 1. The Morgan fingerprint density at radius 2 is 2.04 bits per heavy atom. The van der Waals surface area contributed by atoms with Crippen molar-refractivity contribution in [2.75, 3.05) is 7.11 Å². The molecule has 0 fully saturated rings. The number of nitrogens with one attached hydrogen (secondary N) is 1. The molecule has 0 aliphatic rings. The van der Waals surface area contributed by atoms with Crippen molar-refractivity contribution in [3.05, 3.63) is 70.2 Å². The maximum absolute atomic E-state index is 12.3. The number of thiophene rings is 1. The van der Waals surface area contributed by atoms with Gasteiger partial charge in [-0.05, 0) is 52.3 Å². The summed E-state index contributed by atoms with van der Waals surface area (Å²) in [6, 6.07) is 8.78. The minimum atomic E-state index is -0.196. The summed E-state index contributed by atoms with van der Waals surface area (Å²) in [5.74, 6) is 0.524. The Labute approximate surface area is 153 Å². The Kier molecular flexibility index (Phi) is 5.13. The topological polar surface area (TPSA) is 59.2 Å². The van der Waals surface area contributed by atoms with E-state index >= 15 is 0 Å². The number of carbonyl (C=O) groups excluding carboxylic acids is 1. The van der Waals surface area contributed by atoms with Crippen LogP contribution in [0.5, 0.6) is 5.75 Å². The maximum atomic E-state index is 12.3. The van der Waals surface area contributed by atoms with E-state index in [0.29, 0.717) is 20.5 Å². The van der Waals surface area contributed by atoms with Crippen LogP contribution in [0, 0.1) is 0 Å². The first-order valence-electron chi connectivity index (χ1n) is 6.90. The summed E-state index contributed by atoms with van der Waals surface area (Å²) in [5.41, 5.74) is 0.344. The number of hydrogen-bond donors (Lipinski definition) is 1. The van der Waals surface area contributed by atoms with Crippen LogP contribution in [-0.4, -0.2) is 17.9 Å². The predicted octanol–water partition coefficient (Wildman–Crippen LogP) is 2.76. The van der Waals surface area contributed by atoms with E-state index in [9.17, 15) is 9.59 Å². The predicted molar refractivity (Wildman–Crippen MR) is 102 cm³/mol. The van der Waals surface area contributed by atoms with Gasteiger partial charge >= 0.3 is 0 Å². The number of ether oxygens (including phenoxy) is 1. The number of carbonyl (C=O) groups is 1. The second kappa shape index (κ2) is 7.29. The molecule has 0 unspecified atom stereocenters. The van der Waals surface area contributed by atoms with Crippen molar-refractivity contribution in [3.63, 3.8) is 0 Å². The minimum Gasteiger partial charge on any atom is -0.497 e. The lowest BCUT2D eigenvalue weighted by Crippen LogP contribution is -2.19. The Balaban J connectivity index is 1.93. The number of benzene rings is 1. The molecule has 1 aromatic carbocycles. The highest BCUT2D eigenvalue weighted by molar-refractivity contribution is 9.10. The second-order valence-electron chi connectivity index (χ2n) is 4.83. The average Bonchev–Trinajstić information content (AvgIpc) is 3.13. The van der Waals surface area contributed by atoms with Crippen molar-refractivity contribution in [1.82, 2.24) is 4.98 Å². The number of Topliss-reactive ketones (excluding diaryl/α,β-unsaturated/α-hetero) is 1. The van der Waals surface area contributed by atoms with Crippen LogP contribution in [0.4, 0.5) is 0 Å². The van der Waals surface area contributed by atoms with E-state index in [-0.39, 0.29) is 11.3 Å². The largest absolute Gasteiger partial charge is 0.497 e. The fourth-order valence-corrected chi connectivity index (χ4v) is 4.34. The Hall–Kier alpha value is -1.96. The quantitative estimate of drug-likeness (QED) is 0.658. The summed E-state index contributed by atoms with van der Waals surface area (Å²) in [6.07, 6.45) is 3.25. The molecule has 0 bridgehead atoms. The lowest BCUT2D eigenvalue weighted by Gasteiger charge is -1.99. The summed E-state index contributed by atoms with van der Waals surface area (Å²) in [5, 5.41) is 1.95. The van der Waals surface area contributed by atoms with Crippen molar-refractivity contribution in [3.8, 4) is 5.75 Å². The number of aromatic nitrogens is 1. The van der Waals surface area contributed by atoms with E-state index in [1.807, 2.05) is 17.5 Å². The standard InChI is InChI=1S/C17H12BrNO3S2/c1-22-12-4-2-10(3-5-12)14(20)8-16-19-17(21)15(24-16)7-13-6-11(18)9-23-13/h2-9H,1H3,(H,19,21)/b15-7+,16-8+. The highest BCUT2D eigenvalue weighted by atomic mass is 79.9. The normalized spacial score (nSPS) is 12.6. The van der Waals surface area contributed by atoms with Gasteiger partial charge in [0.15, 0.2) is 5.78 Å². The zero-order valence-corrected chi connectivity index (χ0v) is 15.8. The lowest BCUT2D eigenvalue weighted by molar-refractivity contribution is 0.106. The molecule has 1 N–H and O–H groups in total. The number of H-pyrrole nitrogens is 1. The van der Waals surface area contributed by atoms with E-state index in [1.54, 1.807) is 31.4 Å². The van der Waals surface area contributed by atoms with E-state index < -0.39 is 0 Å². The molecule has 0 atom stereocenters. The summed E-state index contributed by atoms with van der Waals surface area (Å²) >= 11 is 6.19. The number of aromatic amines is 1. The maximum Gasteiger partial charge on any atom is 0.266 e. The van der Waals surface area contributed by atoms with Gasteiger partial charge in [0, 0.05) is 26.4 Å². The van der Waals surface area contributed by atoms with E-state index in [1.165, 1.54) is 28.7 Å². The van der Waals surface area contributed by atoms with Crippen LogP contribution in [0.25, 0.3) is 12.2 Å². The molecule has 7 heteroatoms. The molecule has 0 saturated heterocycles. The second-order valence-corrected chi connectivity index (χ2v) is 7.78. The first-order chi connectivity index (χ1) is 11.5. The van der Waals surface area contributed by atoms with Gasteiger partial charge in [0.05, 0.1) is 16.3 Å². The molecule has 4 nitrogen and oxygen atoms in total. The van der Waals surface area contributed by atoms with E-state index in [0.717, 1.165) is 9.35 Å². The first-order valence-corrected chi connectivity index (χ1v) is 9.39. The molecule has 24 heavy (non-hydrogen) atoms. The van der Waals surface area contributed by atoms with Crippen molar-refractivity contribution in [2.45, 2.75) is 0 Å². The fourth-order valence-electron chi connectivity index (χ4n) is 2.02. The molecule has 3 aromatic rings. The zero-order chi connectivity index (χ0) is 17.1. The molecular weight excluding hydrogens is 410 g/mol. The zero-order valence-electron chi connectivity index (χ0n) is 12.5. The Morgan fingerprint density at radius 3 is 2.67 bits per heavy atom. The lowest BCUT2D eigenvalue weighted by atomic mass is 10.1. The monoisotopic (exact) mass is 421 g/mol. The number of methoxy groups -OCH3 is 1. The molecule has 0 radical (unpaired) electrons. The SMILES string of the molecule is COc1ccc(C(=O)/C=c2\[nH]c(=O)/c(=C\c3cc(Br)cs3)s2)cc1. The van der Waals surface area contributed by atoms with Crippen molar-refractivity contribution in [2.24, 2.45) is 0 Å². The van der Waals surface area contributed by atoms with Gasteiger partial charge in [0.2, 0.25) is 0 Å². The highest BCUT2D eigenvalue weighted by Gasteiger charge is 2.04. The highest BCUT2D eigenvalue weighted by Crippen LogP contribution is 2.19. The van der Waals surface area contributed by atoms with Crippen molar-refractivity contribution < 1.29 is 9.53 Å². The van der Waals surface area contributed by atoms with Gasteiger partial charge in [-0.15, -0.1) is 22.7 Å². The third kappa shape index (κ3) is 3.92. The van der Waals surface area contributed by atoms with Crippen molar-refractivity contribution >= 4 is 56.5 Å². The smallest absolute Gasteiger partial charge is 0.266 e. The Bertz CT molecular complexity index is 1040. The van der Waals surface area contributed by atoms with E-state index in [2.05, 4.69) is 20.9 Å². The number of thiazole rings is 1. The number of hydrogen-bond acceptors (Lipinski definition) is 5. The Morgan fingerprint density at radius 1 is 1.29 bits per heavy atom. The van der Waals surface area contributed by atoms with Crippen LogP contribution >= 0.6 is 38.6 Å². The average molecular weight is 422 g/mol. The van der Waals surface area contributed by atoms with Gasteiger partial charge in [-0.25, -0.2) is 0 Å². The molecule has 0 saturated carbocycles. The van der Waals surface area contributed by atoms with Crippen LogP contribution in [0.15, 0.2) is 45.0 Å². The minimum absolute atomic E-state index is 0.166. The van der Waals surface area contributed by atoms with Crippen molar-refractivity contribution in [1.29, 1.82) is 0 Å². The molecule has 0 aliphatic carbocycles. The van der Waals surface area contributed by atoms with Crippen LogP contribution < -0.4 is 19.5 Å². The summed E-state index contributed by atoms with van der Waals surface area (Å²) in [6.45, 7) is 0. The molecule has 2 aromatic heterocycles. The molecular formula is C17H12BrNO3S2.